The number of benzene rings is 1. The molecule has 0 aliphatic carbocycles. The van der Waals surface area contributed by atoms with Crippen molar-refractivity contribution in [3.8, 4) is 0 Å². The van der Waals surface area contributed by atoms with Crippen LogP contribution in [-0.4, -0.2) is 32.9 Å². The molecule has 1 aliphatic heterocycles. The summed E-state index contributed by atoms with van der Waals surface area (Å²) in [6, 6.07) is 12.6. The van der Waals surface area contributed by atoms with Crippen LogP contribution >= 0.6 is 22.9 Å². The minimum absolute atomic E-state index is 0.371. The molecule has 0 saturated heterocycles. The van der Waals surface area contributed by atoms with Gasteiger partial charge in [0.05, 0.1) is 18.2 Å². The van der Waals surface area contributed by atoms with Crippen molar-refractivity contribution >= 4 is 34.3 Å². The number of nitrogens with zero attached hydrogens (tertiary/aromatic N) is 4. The maximum atomic E-state index is 17.3. The minimum atomic E-state index is -2.01. The van der Waals surface area contributed by atoms with Crippen molar-refractivity contribution in [1.29, 1.82) is 0 Å². The van der Waals surface area contributed by atoms with Gasteiger partial charge < -0.3 is 14.6 Å². The van der Waals surface area contributed by atoms with E-state index in [-0.39, 0.29) is 0 Å². The van der Waals surface area contributed by atoms with Crippen LogP contribution in [0.4, 0.5) is 10.2 Å². The van der Waals surface area contributed by atoms with Gasteiger partial charge >= 0.3 is 0 Å². The zero-order valence-electron chi connectivity index (χ0n) is 18.3. The molecule has 168 valence electrons. The highest BCUT2D eigenvalue weighted by Gasteiger charge is 2.41. The van der Waals surface area contributed by atoms with Crippen molar-refractivity contribution in [2.45, 2.75) is 18.8 Å². The Hall–Kier alpha value is -3.00. The van der Waals surface area contributed by atoms with Gasteiger partial charge in [0.15, 0.2) is 0 Å². The van der Waals surface area contributed by atoms with E-state index >= 15 is 4.39 Å². The summed E-state index contributed by atoms with van der Waals surface area (Å²) in [7, 11) is 3.54. The Morgan fingerprint density at radius 2 is 1.85 bits per heavy atom. The van der Waals surface area contributed by atoms with E-state index in [9.17, 15) is 5.11 Å². The highest BCUT2D eigenvalue weighted by atomic mass is 35.5. The zero-order chi connectivity index (χ0) is 23.3. The van der Waals surface area contributed by atoms with E-state index in [1.165, 1.54) is 12.4 Å². The molecule has 5 nitrogen and oxygen atoms in total. The number of likely N-dealkylation sites (N-methyl/N-ethyl adjacent to an activating group) is 1. The van der Waals surface area contributed by atoms with Crippen LogP contribution in [0.3, 0.4) is 0 Å². The van der Waals surface area contributed by atoms with Crippen LogP contribution in [0.2, 0.25) is 5.02 Å². The normalized spacial score (nSPS) is 17.5. The van der Waals surface area contributed by atoms with Crippen molar-refractivity contribution in [3.63, 3.8) is 0 Å². The molecule has 0 radical (unpaired) electrons. The first kappa shape index (κ1) is 21.8. The first-order valence-corrected chi connectivity index (χ1v) is 11.6. The van der Waals surface area contributed by atoms with Gasteiger partial charge in [0.1, 0.15) is 12.0 Å². The fourth-order valence-corrected chi connectivity index (χ4v) is 5.26. The molecule has 8 heteroatoms. The number of fused-ring (bicyclic) bond motifs is 1. The number of hydrogen-bond acceptors (Lipinski definition) is 5. The molecule has 5 rings (SSSR count). The van der Waals surface area contributed by atoms with Gasteiger partial charge in [-0.15, -0.1) is 11.3 Å². The monoisotopic (exact) mass is 480 g/mol. The van der Waals surface area contributed by atoms with E-state index in [0.717, 1.165) is 20.9 Å². The minimum Gasteiger partial charge on any atom is -0.370 e. The van der Waals surface area contributed by atoms with Crippen LogP contribution in [0.15, 0.2) is 67.3 Å². The summed E-state index contributed by atoms with van der Waals surface area (Å²) >= 11 is 7.71. The van der Waals surface area contributed by atoms with Crippen LogP contribution in [0, 0.1) is 6.92 Å². The van der Waals surface area contributed by atoms with E-state index < -0.39 is 11.9 Å². The Kier molecular flexibility index (Phi) is 5.35. The molecule has 1 aromatic carbocycles. The Bertz CT molecular complexity index is 1360. The van der Waals surface area contributed by atoms with Gasteiger partial charge in [0.25, 0.3) is 0 Å². The van der Waals surface area contributed by atoms with Crippen molar-refractivity contribution in [2.24, 2.45) is 7.05 Å². The number of anilines is 1. The number of halogens is 2. The van der Waals surface area contributed by atoms with E-state index in [4.69, 9.17) is 11.6 Å². The lowest BCUT2D eigenvalue weighted by molar-refractivity contribution is 0.221. The number of rotatable bonds is 4. The fraction of sp³-hybridized carbons (Fsp3) is 0.200. The Balaban J connectivity index is 1.74. The molecule has 3 aromatic heterocycles. The Morgan fingerprint density at radius 3 is 2.48 bits per heavy atom. The smallest absolute Gasteiger partial charge is 0.203 e. The molecule has 0 bridgehead atoms. The molecule has 2 atom stereocenters. The van der Waals surface area contributed by atoms with Crippen molar-refractivity contribution in [2.75, 3.05) is 11.9 Å². The van der Waals surface area contributed by atoms with Gasteiger partial charge in [-0.1, -0.05) is 23.7 Å². The molecule has 0 spiro atoms. The first-order valence-electron chi connectivity index (χ1n) is 10.4. The average molecular weight is 481 g/mol. The Labute approximate surface area is 200 Å². The van der Waals surface area contributed by atoms with Gasteiger partial charge in [-0.3, -0.25) is 0 Å². The van der Waals surface area contributed by atoms with E-state index in [0.29, 0.717) is 27.7 Å². The molecule has 1 N–H and O–H groups in total. The number of hydrogen-bond donors (Lipinski definition) is 1. The molecular weight excluding hydrogens is 459 g/mol. The summed E-state index contributed by atoms with van der Waals surface area (Å²) in [5.41, 5.74) is 0.776. The summed E-state index contributed by atoms with van der Waals surface area (Å²) in [6.45, 7) is 2.03. The van der Waals surface area contributed by atoms with Gasteiger partial charge in [-0.05, 0) is 48.9 Å². The standard InChI is InChI=1S/C25H22ClFN4OS/c1-15-4-9-21(33-15)19-11-23(32)31(3)24-20(19)10-17(12-29-24)25(27,22-13-28-14-30(22)2)16-5-7-18(26)8-6-16/h4-14,23,32H,1-3H3. The third-order valence-corrected chi connectivity index (χ3v) is 7.30. The van der Waals surface area contributed by atoms with Crippen molar-refractivity contribution in [3.05, 3.63) is 104 Å². The number of aliphatic hydroxyl groups is 1. The third-order valence-electron chi connectivity index (χ3n) is 6.02. The molecule has 0 amide bonds. The summed E-state index contributed by atoms with van der Waals surface area (Å²) in [5, 5.41) is 11.1. The molecule has 2 unspecified atom stereocenters. The van der Waals surface area contributed by atoms with Gasteiger partial charge in [-0.25, -0.2) is 14.4 Å². The number of aliphatic hydroxyl groups excluding tert-OH is 1. The maximum absolute atomic E-state index is 17.3. The largest absolute Gasteiger partial charge is 0.370 e. The van der Waals surface area contributed by atoms with Gasteiger partial charge in [0.2, 0.25) is 5.67 Å². The van der Waals surface area contributed by atoms with Crippen LogP contribution in [0.5, 0.6) is 0 Å². The summed E-state index contributed by atoms with van der Waals surface area (Å²) in [5.74, 6) is 0.596. The number of aryl methyl sites for hydroxylation is 2. The SMILES string of the molecule is Cc1ccc(C2=CC(O)N(C)c3ncc(C(F)(c4ccc(Cl)cc4)c4cncn4C)cc32)s1. The second-order valence-electron chi connectivity index (χ2n) is 8.17. The van der Waals surface area contributed by atoms with Crippen LogP contribution in [0.25, 0.3) is 5.57 Å². The molecular formula is C25H22ClFN4OS. The highest BCUT2D eigenvalue weighted by Crippen LogP contribution is 2.44. The lowest BCUT2D eigenvalue weighted by Gasteiger charge is -2.32. The summed E-state index contributed by atoms with van der Waals surface area (Å²) in [6.07, 6.45) is 5.60. The molecule has 0 fully saturated rings. The van der Waals surface area contributed by atoms with E-state index in [1.807, 2.05) is 25.1 Å². The summed E-state index contributed by atoms with van der Waals surface area (Å²) in [4.78, 5) is 12.6. The highest BCUT2D eigenvalue weighted by molar-refractivity contribution is 7.13. The lowest BCUT2D eigenvalue weighted by Crippen LogP contribution is -2.34. The average Bonchev–Trinajstić information content (AvgIpc) is 3.44. The molecule has 4 heterocycles. The van der Waals surface area contributed by atoms with Gasteiger partial charge in [-0.2, -0.15) is 0 Å². The second kappa shape index (κ2) is 8.09. The first-order chi connectivity index (χ1) is 15.8. The molecule has 1 aliphatic rings. The maximum Gasteiger partial charge on any atom is 0.203 e. The number of imidazole rings is 1. The molecule has 33 heavy (non-hydrogen) atoms. The number of thiophene rings is 1. The van der Waals surface area contributed by atoms with E-state index in [2.05, 4.69) is 9.97 Å². The lowest BCUT2D eigenvalue weighted by atomic mass is 9.84. The zero-order valence-corrected chi connectivity index (χ0v) is 19.9. The third kappa shape index (κ3) is 3.57. The second-order valence-corrected chi connectivity index (χ2v) is 9.89. The fourth-order valence-electron chi connectivity index (χ4n) is 4.23. The van der Waals surface area contributed by atoms with Crippen molar-refractivity contribution < 1.29 is 9.50 Å². The Morgan fingerprint density at radius 1 is 1.09 bits per heavy atom. The van der Waals surface area contributed by atoms with Crippen molar-refractivity contribution in [1.82, 2.24) is 14.5 Å². The van der Waals surface area contributed by atoms with Crippen LogP contribution < -0.4 is 4.90 Å². The van der Waals surface area contributed by atoms with Crippen LogP contribution in [0.1, 0.15) is 32.1 Å². The van der Waals surface area contributed by atoms with Gasteiger partial charge in [0, 0.05) is 51.8 Å². The topological polar surface area (TPSA) is 54.2 Å². The predicted molar refractivity (Wildman–Crippen MR) is 130 cm³/mol. The molecule has 0 saturated carbocycles. The summed E-state index contributed by atoms with van der Waals surface area (Å²) < 4.78 is 18.9. The predicted octanol–water partition coefficient (Wildman–Crippen LogP) is 5.30. The number of alkyl halides is 1. The molecule has 4 aromatic rings. The van der Waals surface area contributed by atoms with E-state index in [1.54, 1.807) is 71.6 Å². The van der Waals surface area contributed by atoms with Crippen LogP contribution in [-0.2, 0) is 12.7 Å². The quantitative estimate of drug-likeness (QED) is 0.430. The number of aromatic nitrogens is 3. The number of pyridine rings is 1.